The van der Waals surface area contributed by atoms with Crippen molar-refractivity contribution < 1.29 is 14.0 Å². The third-order valence-corrected chi connectivity index (χ3v) is 3.66. The average Bonchev–Trinajstić information content (AvgIpc) is 2.96. The maximum atomic E-state index is 12.8. The predicted molar refractivity (Wildman–Crippen MR) is 84.6 cm³/mol. The minimum atomic E-state index is -0.453. The summed E-state index contributed by atoms with van der Waals surface area (Å²) >= 11 is 0. The molecular weight excluding hydrogens is 297 g/mol. The van der Waals surface area contributed by atoms with Gasteiger partial charge in [0.15, 0.2) is 0 Å². The number of benzene rings is 1. The summed E-state index contributed by atoms with van der Waals surface area (Å²) in [6.07, 6.45) is 2.64. The third kappa shape index (κ3) is 3.71. The largest absolute Gasteiger partial charge is 0.312 e. The second-order valence-electron chi connectivity index (χ2n) is 5.41. The van der Waals surface area contributed by atoms with Crippen LogP contribution in [-0.2, 0) is 16.0 Å². The van der Waals surface area contributed by atoms with Crippen LogP contribution in [0.2, 0.25) is 0 Å². The summed E-state index contributed by atoms with van der Waals surface area (Å²) in [5.74, 6) is -0.274. The van der Waals surface area contributed by atoms with Gasteiger partial charge in [-0.1, -0.05) is 12.1 Å². The maximum absolute atomic E-state index is 12.8. The number of hydrogen-bond donors (Lipinski definition) is 1. The molecule has 23 heavy (non-hydrogen) atoms. The topological polar surface area (TPSA) is 62.3 Å². The number of amides is 2. The Morgan fingerprint density at radius 1 is 1.30 bits per heavy atom. The Hall–Kier alpha value is -2.76. The quantitative estimate of drug-likeness (QED) is 0.943. The van der Waals surface area contributed by atoms with E-state index in [4.69, 9.17) is 0 Å². The molecule has 0 spiro atoms. The van der Waals surface area contributed by atoms with Crippen LogP contribution in [0.5, 0.6) is 0 Å². The fourth-order valence-electron chi connectivity index (χ4n) is 2.58. The van der Waals surface area contributed by atoms with Crippen molar-refractivity contribution in [1.82, 2.24) is 4.98 Å². The summed E-state index contributed by atoms with van der Waals surface area (Å²) in [4.78, 5) is 29.4. The molecule has 1 aliphatic heterocycles. The van der Waals surface area contributed by atoms with E-state index >= 15 is 0 Å². The Morgan fingerprint density at radius 2 is 2.17 bits per heavy atom. The molecule has 6 heteroatoms. The van der Waals surface area contributed by atoms with Crippen LogP contribution in [0.15, 0.2) is 42.6 Å². The van der Waals surface area contributed by atoms with Crippen molar-refractivity contribution in [3.63, 3.8) is 0 Å². The molecule has 1 N–H and O–H groups in total. The highest BCUT2D eigenvalue weighted by atomic mass is 19.1. The lowest BCUT2D eigenvalue weighted by Crippen LogP contribution is -2.24. The summed E-state index contributed by atoms with van der Waals surface area (Å²) in [5.41, 5.74) is 1.62. The second-order valence-corrected chi connectivity index (χ2v) is 5.41. The van der Waals surface area contributed by atoms with Gasteiger partial charge in [-0.25, -0.2) is 9.37 Å². The van der Waals surface area contributed by atoms with Crippen LogP contribution >= 0.6 is 0 Å². The zero-order valence-electron chi connectivity index (χ0n) is 12.5. The van der Waals surface area contributed by atoms with Crippen LogP contribution in [0.1, 0.15) is 18.4 Å². The van der Waals surface area contributed by atoms with E-state index in [0.717, 1.165) is 23.9 Å². The van der Waals surface area contributed by atoms with Crippen LogP contribution < -0.4 is 10.2 Å². The number of carbonyl (C=O) groups is 2. The third-order valence-electron chi connectivity index (χ3n) is 3.66. The first-order valence-corrected chi connectivity index (χ1v) is 7.42. The van der Waals surface area contributed by atoms with Gasteiger partial charge in [0.2, 0.25) is 11.8 Å². The van der Waals surface area contributed by atoms with Gasteiger partial charge >= 0.3 is 0 Å². The number of rotatable bonds is 4. The molecule has 5 nitrogen and oxygen atoms in total. The van der Waals surface area contributed by atoms with Gasteiger partial charge in [-0.15, -0.1) is 0 Å². The van der Waals surface area contributed by atoms with Crippen molar-refractivity contribution in [3.8, 4) is 0 Å². The summed E-state index contributed by atoms with van der Waals surface area (Å²) in [6.45, 7) is 0.716. The van der Waals surface area contributed by atoms with E-state index in [-0.39, 0.29) is 18.2 Å². The summed E-state index contributed by atoms with van der Waals surface area (Å²) < 4.78 is 12.8. The lowest BCUT2D eigenvalue weighted by molar-refractivity contribution is -0.117. The molecule has 0 bridgehead atoms. The lowest BCUT2D eigenvalue weighted by atomic mass is 10.1. The molecule has 1 fully saturated rings. The highest BCUT2D eigenvalue weighted by Gasteiger charge is 2.21. The zero-order valence-corrected chi connectivity index (χ0v) is 12.5. The Kier molecular flexibility index (Phi) is 4.32. The Balaban J connectivity index is 1.66. The smallest absolute Gasteiger partial charge is 0.229 e. The Labute approximate surface area is 133 Å². The van der Waals surface area contributed by atoms with Gasteiger partial charge in [0, 0.05) is 18.7 Å². The minimum absolute atomic E-state index is 0.113. The van der Waals surface area contributed by atoms with Gasteiger partial charge < -0.3 is 10.2 Å². The first kappa shape index (κ1) is 15.1. The van der Waals surface area contributed by atoms with Crippen LogP contribution in [0, 0.1) is 5.82 Å². The molecule has 0 aliphatic carbocycles. The summed E-state index contributed by atoms with van der Waals surface area (Å²) in [7, 11) is 0. The molecular formula is C17H16FN3O2. The van der Waals surface area contributed by atoms with Gasteiger partial charge in [0.05, 0.1) is 12.6 Å². The molecule has 0 saturated carbocycles. The van der Waals surface area contributed by atoms with E-state index in [0.29, 0.717) is 18.8 Å². The van der Waals surface area contributed by atoms with Crippen molar-refractivity contribution in [2.75, 3.05) is 16.8 Å². The maximum Gasteiger partial charge on any atom is 0.229 e. The number of hydrogen-bond acceptors (Lipinski definition) is 3. The van der Waals surface area contributed by atoms with Gasteiger partial charge in [0.25, 0.3) is 0 Å². The highest BCUT2D eigenvalue weighted by Crippen LogP contribution is 2.22. The van der Waals surface area contributed by atoms with Crippen LogP contribution in [-0.4, -0.2) is 23.3 Å². The van der Waals surface area contributed by atoms with E-state index in [2.05, 4.69) is 10.3 Å². The van der Waals surface area contributed by atoms with E-state index in [9.17, 15) is 14.0 Å². The number of halogens is 1. The van der Waals surface area contributed by atoms with Gasteiger partial charge in [0.1, 0.15) is 11.6 Å². The molecule has 3 rings (SSSR count). The SMILES string of the molecule is O=C(Cc1cccc(N2CCCC2=O)c1)Nc1ccc(F)cn1. The molecule has 1 aromatic carbocycles. The molecule has 118 valence electrons. The van der Waals surface area contributed by atoms with Crippen molar-refractivity contribution >= 4 is 23.3 Å². The van der Waals surface area contributed by atoms with Gasteiger partial charge in [-0.05, 0) is 36.2 Å². The first-order valence-electron chi connectivity index (χ1n) is 7.42. The first-order chi connectivity index (χ1) is 11.1. The number of anilines is 2. The van der Waals surface area contributed by atoms with Gasteiger partial charge in [-0.3, -0.25) is 9.59 Å². The van der Waals surface area contributed by atoms with Crippen molar-refractivity contribution in [2.45, 2.75) is 19.3 Å². The number of nitrogens with one attached hydrogen (secondary N) is 1. The molecule has 1 aromatic heterocycles. The number of pyridine rings is 1. The van der Waals surface area contributed by atoms with E-state index in [1.54, 1.807) is 4.90 Å². The average molecular weight is 313 g/mol. The van der Waals surface area contributed by atoms with Crippen molar-refractivity contribution in [2.24, 2.45) is 0 Å². The molecule has 1 saturated heterocycles. The van der Waals surface area contributed by atoms with Gasteiger partial charge in [-0.2, -0.15) is 0 Å². The molecule has 2 aromatic rings. The van der Waals surface area contributed by atoms with E-state index < -0.39 is 5.82 Å². The monoisotopic (exact) mass is 313 g/mol. The van der Waals surface area contributed by atoms with Crippen LogP contribution in [0.25, 0.3) is 0 Å². The van der Waals surface area contributed by atoms with E-state index in [1.807, 2.05) is 24.3 Å². The molecule has 0 radical (unpaired) electrons. The Morgan fingerprint density at radius 3 is 2.87 bits per heavy atom. The summed E-state index contributed by atoms with van der Waals surface area (Å²) in [5, 5.41) is 2.62. The van der Waals surface area contributed by atoms with Crippen molar-refractivity contribution in [1.29, 1.82) is 0 Å². The Bertz CT molecular complexity index is 731. The molecule has 2 amide bonds. The highest BCUT2D eigenvalue weighted by molar-refractivity contribution is 5.96. The standard InChI is InChI=1S/C17H16FN3O2/c18-13-6-7-15(19-11-13)20-16(22)10-12-3-1-4-14(9-12)21-8-2-5-17(21)23/h1,3-4,6-7,9,11H,2,5,8,10H2,(H,19,20,22). The molecule has 2 heterocycles. The fourth-order valence-corrected chi connectivity index (χ4v) is 2.58. The second kappa shape index (κ2) is 6.56. The number of carbonyl (C=O) groups excluding carboxylic acids is 2. The minimum Gasteiger partial charge on any atom is -0.312 e. The fraction of sp³-hybridized carbons (Fsp3) is 0.235. The molecule has 1 aliphatic rings. The molecule has 0 atom stereocenters. The number of aromatic nitrogens is 1. The number of nitrogens with zero attached hydrogens (tertiary/aromatic N) is 2. The van der Waals surface area contributed by atoms with Crippen molar-refractivity contribution in [3.05, 3.63) is 54.0 Å². The zero-order chi connectivity index (χ0) is 16.2. The summed E-state index contributed by atoms with van der Waals surface area (Å²) in [6, 6.07) is 10.0. The van der Waals surface area contributed by atoms with Crippen LogP contribution in [0.3, 0.4) is 0 Å². The normalized spacial score (nSPS) is 14.1. The predicted octanol–water partition coefficient (Wildman–Crippen LogP) is 2.53. The molecule has 0 unspecified atom stereocenters. The van der Waals surface area contributed by atoms with Crippen LogP contribution in [0.4, 0.5) is 15.9 Å². The lowest BCUT2D eigenvalue weighted by Gasteiger charge is -2.16. The van der Waals surface area contributed by atoms with E-state index in [1.165, 1.54) is 12.1 Å².